The summed E-state index contributed by atoms with van der Waals surface area (Å²) in [5.41, 5.74) is 1.44. The molecule has 0 saturated carbocycles. The van der Waals surface area contributed by atoms with Gasteiger partial charge in [0.1, 0.15) is 0 Å². The first-order valence-corrected chi connectivity index (χ1v) is 7.94. The van der Waals surface area contributed by atoms with Gasteiger partial charge >= 0.3 is 0 Å². The van der Waals surface area contributed by atoms with Crippen LogP contribution in [-0.4, -0.2) is 41.3 Å². The van der Waals surface area contributed by atoms with Crippen LogP contribution in [0.5, 0.6) is 0 Å². The molecule has 2 rings (SSSR count). The number of likely N-dealkylation sites (tertiary alicyclic amines) is 1. The van der Waals surface area contributed by atoms with E-state index in [0.717, 1.165) is 25.9 Å². The van der Waals surface area contributed by atoms with Crippen LogP contribution in [-0.2, 0) is 0 Å². The molecule has 4 heteroatoms. The van der Waals surface area contributed by atoms with Gasteiger partial charge < -0.3 is 5.32 Å². The molecule has 1 amide bonds. The number of benzene rings is 1. The lowest BCUT2D eigenvalue weighted by atomic mass is 9.98. The van der Waals surface area contributed by atoms with Crippen molar-refractivity contribution in [3.05, 3.63) is 35.4 Å². The first-order valence-electron chi connectivity index (χ1n) is 7.94. The smallest absolute Gasteiger partial charge is 0.251 e. The fraction of sp³-hybridized carbons (Fsp3) is 0.556. The van der Waals surface area contributed by atoms with Crippen molar-refractivity contribution >= 4 is 11.7 Å². The van der Waals surface area contributed by atoms with E-state index in [0.29, 0.717) is 11.1 Å². The maximum atomic E-state index is 12.3. The van der Waals surface area contributed by atoms with Crippen LogP contribution < -0.4 is 5.32 Å². The number of nitrogens with one attached hydrogen (secondary N) is 1. The van der Waals surface area contributed by atoms with Gasteiger partial charge in [0.15, 0.2) is 5.78 Å². The number of amides is 1. The Bertz CT molecular complexity index is 535. The first kappa shape index (κ1) is 16.7. The van der Waals surface area contributed by atoms with Gasteiger partial charge in [0.05, 0.1) is 0 Å². The molecule has 1 aliphatic heterocycles. The highest BCUT2D eigenvalue weighted by molar-refractivity contribution is 5.97. The van der Waals surface area contributed by atoms with Crippen molar-refractivity contribution in [3.63, 3.8) is 0 Å². The van der Waals surface area contributed by atoms with Crippen molar-refractivity contribution < 1.29 is 9.59 Å². The van der Waals surface area contributed by atoms with E-state index in [4.69, 9.17) is 0 Å². The van der Waals surface area contributed by atoms with Gasteiger partial charge in [0.2, 0.25) is 0 Å². The molecule has 1 saturated heterocycles. The summed E-state index contributed by atoms with van der Waals surface area (Å²) < 4.78 is 0. The molecule has 0 aromatic heterocycles. The Morgan fingerprint density at radius 3 is 2.00 bits per heavy atom. The summed E-state index contributed by atoms with van der Waals surface area (Å²) in [5.74, 6) is -0.0363. The van der Waals surface area contributed by atoms with Crippen LogP contribution in [0.4, 0.5) is 0 Å². The van der Waals surface area contributed by atoms with Gasteiger partial charge in [-0.1, -0.05) is 12.1 Å². The standard InChI is InChI=1S/C18H26N2O2/c1-13(21)14-5-7-15(8-6-14)17(22)19-16-9-11-20(12-10-16)18(2,3)4/h5-8,16H,9-12H2,1-4H3,(H,19,22). The van der Waals surface area contributed by atoms with Gasteiger partial charge in [-0.05, 0) is 52.7 Å². The normalized spacial score (nSPS) is 17.3. The average molecular weight is 302 g/mol. The molecular weight excluding hydrogens is 276 g/mol. The number of Topliss-reactive ketones (excluding diaryl/α,β-unsaturated/α-hetero) is 1. The van der Waals surface area contributed by atoms with Crippen LogP contribution in [0.3, 0.4) is 0 Å². The van der Waals surface area contributed by atoms with E-state index in [1.807, 2.05) is 0 Å². The Labute approximate surface area is 132 Å². The number of carbonyl (C=O) groups excluding carboxylic acids is 2. The molecule has 1 aromatic rings. The van der Waals surface area contributed by atoms with E-state index in [2.05, 4.69) is 31.0 Å². The monoisotopic (exact) mass is 302 g/mol. The molecule has 0 spiro atoms. The fourth-order valence-corrected chi connectivity index (χ4v) is 2.82. The minimum atomic E-state index is -0.0516. The second-order valence-corrected chi connectivity index (χ2v) is 7.04. The van der Waals surface area contributed by atoms with E-state index in [-0.39, 0.29) is 23.3 Å². The maximum absolute atomic E-state index is 12.3. The molecule has 1 fully saturated rings. The topological polar surface area (TPSA) is 49.4 Å². The molecule has 120 valence electrons. The Morgan fingerprint density at radius 1 is 1.05 bits per heavy atom. The molecule has 1 N–H and O–H groups in total. The molecule has 1 aromatic carbocycles. The molecule has 22 heavy (non-hydrogen) atoms. The second kappa shape index (κ2) is 6.61. The zero-order valence-corrected chi connectivity index (χ0v) is 14.0. The summed E-state index contributed by atoms with van der Waals surface area (Å²) in [4.78, 5) is 26.0. The summed E-state index contributed by atoms with van der Waals surface area (Å²) in [6.07, 6.45) is 1.96. The van der Waals surface area contributed by atoms with Crippen LogP contribution in [0.25, 0.3) is 0 Å². The predicted molar refractivity (Wildman–Crippen MR) is 88.3 cm³/mol. The maximum Gasteiger partial charge on any atom is 0.251 e. The third kappa shape index (κ3) is 4.17. The van der Waals surface area contributed by atoms with E-state index in [1.165, 1.54) is 6.92 Å². The van der Waals surface area contributed by atoms with Crippen molar-refractivity contribution in [2.75, 3.05) is 13.1 Å². The lowest BCUT2D eigenvalue weighted by molar-refractivity contribution is 0.0812. The van der Waals surface area contributed by atoms with Crippen LogP contribution in [0.2, 0.25) is 0 Å². The molecular formula is C18H26N2O2. The van der Waals surface area contributed by atoms with Crippen LogP contribution in [0, 0.1) is 0 Å². The minimum Gasteiger partial charge on any atom is -0.349 e. The van der Waals surface area contributed by atoms with Crippen molar-refractivity contribution in [3.8, 4) is 0 Å². The largest absolute Gasteiger partial charge is 0.349 e. The van der Waals surface area contributed by atoms with E-state index in [9.17, 15) is 9.59 Å². The zero-order chi connectivity index (χ0) is 16.3. The number of nitrogens with zero attached hydrogens (tertiary/aromatic N) is 1. The first-order chi connectivity index (χ1) is 10.3. The Kier molecular flexibility index (Phi) is 5.01. The van der Waals surface area contributed by atoms with Gasteiger partial charge in [-0.15, -0.1) is 0 Å². The highest BCUT2D eigenvalue weighted by Crippen LogP contribution is 2.20. The summed E-state index contributed by atoms with van der Waals surface area (Å²) in [5, 5.41) is 3.11. The Balaban J connectivity index is 1.89. The van der Waals surface area contributed by atoms with Crippen LogP contribution in [0.15, 0.2) is 24.3 Å². The molecule has 1 aliphatic rings. The number of hydrogen-bond acceptors (Lipinski definition) is 3. The molecule has 0 aliphatic carbocycles. The summed E-state index contributed by atoms with van der Waals surface area (Å²) in [7, 11) is 0. The lowest BCUT2D eigenvalue weighted by Crippen LogP contribution is -2.50. The Hall–Kier alpha value is -1.68. The number of ketones is 1. The van der Waals surface area contributed by atoms with Crippen molar-refractivity contribution in [2.45, 2.75) is 52.1 Å². The lowest BCUT2D eigenvalue weighted by Gasteiger charge is -2.41. The van der Waals surface area contributed by atoms with Crippen molar-refractivity contribution in [2.24, 2.45) is 0 Å². The SMILES string of the molecule is CC(=O)c1ccc(C(=O)NC2CCN(C(C)(C)C)CC2)cc1. The molecule has 1 heterocycles. The highest BCUT2D eigenvalue weighted by Gasteiger charge is 2.27. The van der Waals surface area contributed by atoms with Gasteiger partial charge in [0, 0.05) is 35.8 Å². The molecule has 0 atom stereocenters. The second-order valence-electron chi connectivity index (χ2n) is 7.04. The van der Waals surface area contributed by atoms with Crippen LogP contribution in [0.1, 0.15) is 61.3 Å². The van der Waals surface area contributed by atoms with E-state index < -0.39 is 0 Å². The van der Waals surface area contributed by atoms with Gasteiger partial charge in [-0.3, -0.25) is 14.5 Å². The number of rotatable bonds is 3. The van der Waals surface area contributed by atoms with Gasteiger partial charge in [0.25, 0.3) is 5.91 Å². The molecule has 0 bridgehead atoms. The fourth-order valence-electron chi connectivity index (χ4n) is 2.82. The Morgan fingerprint density at radius 2 is 1.55 bits per heavy atom. The highest BCUT2D eigenvalue weighted by atomic mass is 16.1. The van der Waals surface area contributed by atoms with Crippen molar-refractivity contribution in [1.29, 1.82) is 0 Å². The number of carbonyl (C=O) groups is 2. The third-order valence-electron chi connectivity index (χ3n) is 4.33. The molecule has 0 unspecified atom stereocenters. The third-order valence-corrected chi connectivity index (χ3v) is 4.33. The average Bonchev–Trinajstić information content (AvgIpc) is 2.47. The molecule has 0 radical (unpaired) electrons. The minimum absolute atomic E-state index is 0.0153. The molecule has 4 nitrogen and oxygen atoms in total. The number of hydrogen-bond donors (Lipinski definition) is 1. The van der Waals surface area contributed by atoms with Gasteiger partial charge in [-0.2, -0.15) is 0 Å². The summed E-state index contributed by atoms with van der Waals surface area (Å²) >= 11 is 0. The van der Waals surface area contributed by atoms with E-state index >= 15 is 0 Å². The summed E-state index contributed by atoms with van der Waals surface area (Å²) in [6.45, 7) is 10.2. The summed E-state index contributed by atoms with van der Waals surface area (Å²) in [6, 6.07) is 7.09. The quantitative estimate of drug-likeness (QED) is 0.874. The predicted octanol–water partition coefficient (Wildman–Crippen LogP) is 2.88. The van der Waals surface area contributed by atoms with Gasteiger partial charge in [-0.25, -0.2) is 0 Å². The van der Waals surface area contributed by atoms with E-state index in [1.54, 1.807) is 24.3 Å². The van der Waals surface area contributed by atoms with Crippen LogP contribution >= 0.6 is 0 Å². The zero-order valence-electron chi connectivity index (χ0n) is 14.0. The van der Waals surface area contributed by atoms with Crippen molar-refractivity contribution in [1.82, 2.24) is 10.2 Å². The number of piperidine rings is 1.